The average molecular weight is 297 g/mol. The minimum Gasteiger partial charge on any atom is -0.394 e. The number of hydrogen-bond acceptors (Lipinski definition) is 3. The van der Waals surface area contributed by atoms with Gasteiger partial charge in [-0.25, -0.2) is 0 Å². The molecule has 2 aliphatic carbocycles. The van der Waals surface area contributed by atoms with Gasteiger partial charge in [-0.3, -0.25) is 0 Å². The molecule has 2 rings (SSSR count). The van der Waals surface area contributed by atoms with E-state index in [-0.39, 0.29) is 12.1 Å². The van der Waals surface area contributed by atoms with E-state index in [0.717, 1.165) is 19.4 Å². The SMILES string of the molecule is CC(C)NC1(CO)CCCC1CCOC1CCCCCC1. The second-order valence-corrected chi connectivity index (χ2v) is 7.48. The van der Waals surface area contributed by atoms with Gasteiger partial charge in [0, 0.05) is 18.2 Å². The fourth-order valence-electron chi connectivity index (χ4n) is 4.37. The zero-order chi connectivity index (χ0) is 15.1. The van der Waals surface area contributed by atoms with Crippen molar-refractivity contribution in [1.29, 1.82) is 0 Å². The molecular weight excluding hydrogens is 262 g/mol. The third-order valence-electron chi connectivity index (χ3n) is 5.44. The van der Waals surface area contributed by atoms with Crippen LogP contribution in [0.25, 0.3) is 0 Å². The van der Waals surface area contributed by atoms with Gasteiger partial charge < -0.3 is 15.2 Å². The molecule has 2 aliphatic rings. The number of nitrogens with one attached hydrogen (secondary N) is 1. The van der Waals surface area contributed by atoms with Crippen LogP contribution >= 0.6 is 0 Å². The Morgan fingerprint density at radius 1 is 1.10 bits per heavy atom. The fourth-order valence-corrected chi connectivity index (χ4v) is 4.37. The molecule has 3 nitrogen and oxygen atoms in total. The Hall–Kier alpha value is -0.120. The van der Waals surface area contributed by atoms with Crippen molar-refractivity contribution in [1.82, 2.24) is 5.32 Å². The Bertz CT molecular complexity index is 287. The molecule has 0 amide bonds. The maximum Gasteiger partial charge on any atom is 0.0616 e. The summed E-state index contributed by atoms with van der Waals surface area (Å²) >= 11 is 0. The highest BCUT2D eigenvalue weighted by Crippen LogP contribution is 2.38. The zero-order valence-electron chi connectivity index (χ0n) is 14.1. The highest BCUT2D eigenvalue weighted by molar-refractivity contribution is 4.99. The Labute approximate surface area is 130 Å². The first-order valence-corrected chi connectivity index (χ1v) is 9.16. The molecule has 21 heavy (non-hydrogen) atoms. The number of ether oxygens (including phenoxy) is 1. The largest absolute Gasteiger partial charge is 0.394 e. The van der Waals surface area contributed by atoms with E-state index in [4.69, 9.17) is 4.74 Å². The van der Waals surface area contributed by atoms with E-state index in [1.165, 1.54) is 51.4 Å². The molecule has 3 heteroatoms. The molecule has 0 aromatic heterocycles. The summed E-state index contributed by atoms with van der Waals surface area (Å²) in [6.07, 6.45) is 13.1. The van der Waals surface area contributed by atoms with Crippen LogP contribution in [0.5, 0.6) is 0 Å². The molecule has 0 aromatic rings. The predicted molar refractivity (Wildman–Crippen MR) is 87.5 cm³/mol. The van der Waals surface area contributed by atoms with E-state index < -0.39 is 0 Å². The first-order valence-electron chi connectivity index (χ1n) is 9.16. The lowest BCUT2D eigenvalue weighted by molar-refractivity contribution is 0.0222. The second-order valence-electron chi connectivity index (χ2n) is 7.48. The summed E-state index contributed by atoms with van der Waals surface area (Å²) in [5.41, 5.74) is -0.0546. The van der Waals surface area contributed by atoms with E-state index in [0.29, 0.717) is 18.1 Å². The highest BCUT2D eigenvalue weighted by atomic mass is 16.5. The number of rotatable bonds is 7. The zero-order valence-corrected chi connectivity index (χ0v) is 14.1. The minimum absolute atomic E-state index is 0.0546. The topological polar surface area (TPSA) is 41.5 Å². The van der Waals surface area contributed by atoms with Gasteiger partial charge in [0.2, 0.25) is 0 Å². The predicted octanol–water partition coefficient (Wildman–Crippen LogP) is 3.65. The van der Waals surface area contributed by atoms with Gasteiger partial charge in [-0.2, -0.15) is 0 Å². The molecule has 0 aliphatic heterocycles. The first-order chi connectivity index (χ1) is 10.2. The van der Waals surface area contributed by atoms with Gasteiger partial charge in [-0.15, -0.1) is 0 Å². The summed E-state index contributed by atoms with van der Waals surface area (Å²) < 4.78 is 6.16. The minimum atomic E-state index is -0.0546. The molecule has 2 N–H and O–H groups in total. The van der Waals surface area contributed by atoms with Crippen LogP contribution in [0.4, 0.5) is 0 Å². The summed E-state index contributed by atoms with van der Waals surface area (Å²) in [4.78, 5) is 0. The van der Waals surface area contributed by atoms with Crippen LogP contribution in [0.1, 0.15) is 78.1 Å². The third kappa shape index (κ3) is 4.94. The van der Waals surface area contributed by atoms with Crippen LogP contribution in [0.15, 0.2) is 0 Å². The van der Waals surface area contributed by atoms with Crippen LogP contribution in [-0.2, 0) is 4.74 Å². The maximum absolute atomic E-state index is 9.92. The lowest BCUT2D eigenvalue weighted by Gasteiger charge is -2.37. The van der Waals surface area contributed by atoms with E-state index in [2.05, 4.69) is 19.2 Å². The van der Waals surface area contributed by atoms with Crippen molar-refractivity contribution in [3.63, 3.8) is 0 Å². The summed E-state index contributed by atoms with van der Waals surface area (Å²) in [5.74, 6) is 0.565. The van der Waals surface area contributed by atoms with Crippen molar-refractivity contribution in [2.45, 2.75) is 95.7 Å². The van der Waals surface area contributed by atoms with Crippen molar-refractivity contribution in [2.24, 2.45) is 5.92 Å². The maximum atomic E-state index is 9.92. The summed E-state index contributed by atoms with van der Waals surface area (Å²) in [6.45, 7) is 5.49. The van der Waals surface area contributed by atoms with Gasteiger partial charge in [0.25, 0.3) is 0 Å². The Balaban J connectivity index is 1.77. The Morgan fingerprint density at radius 2 is 1.81 bits per heavy atom. The van der Waals surface area contributed by atoms with E-state index in [1.54, 1.807) is 0 Å². The van der Waals surface area contributed by atoms with Crippen LogP contribution < -0.4 is 5.32 Å². The smallest absolute Gasteiger partial charge is 0.0616 e. The molecule has 0 heterocycles. The van der Waals surface area contributed by atoms with Crippen LogP contribution in [0, 0.1) is 5.92 Å². The van der Waals surface area contributed by atoms with Crippen molar-refractivity contribution >= 4 is 0 Å². The molecule has 124 valence electrons. The quantitative estimate of drug-likeness (QED) is 0.705. The molecule has 2 saturated carbocycles. The molecule has 0 bridgehead atoms. The normalized spacial score (nSPS) is 31.7. The Morgan fingerprint density at radius 3 is 2.43 bits per heavy atom. The van der Waals surface area contributed by atoms with Gasteiger partial charge in [0.15, 0.2) is 0 Å². The standard InChI is InChI=1S/C18H35NO2/c1-15(2)19-18(14-20)12-7-8-16(18)11-13-21-17-9-5-3-4-6-10-17/h15-17,19-20H,3-14H2,1-2H3. The van der Waals surface area contributed by atoms with Gasteiger partial charge in [0.05, 0.1) is 12.7 Å². The molecule has 2 unspecified atom stereocenters. The summed E-state index contributed by atoms with van der Waals surface area (Å²) in [6, 6.07) is 0.431. The Kier molecular flexibility index (Phi) is 6.97. The number of aliphatic hydroxyl groups is 1. The highest BCUT2D eigenvalue weighted by Gasteiger charge is 2.42. The molecule has 2 fully saturated rings. The van der Waals surface area contributed by atoms with Crippen molar-refractivity contribution in [2.75, 3.05) is 13.2 Å². The van der Waals surface area contributed by atoms with Gasteiger partial charge >= 0.3 is 0 Å². The lowest BCUT2D eigenvalue weighted by Crippen LogP contribution is -2.54. The third-order valence-corrected chi connectivity index (χ3v) is 5.44. The fraction of sp³-hybridized carbons (Fsp3) is 1.00. The average Bonchev–Trinajstić information content (AvgIpc) is 2.68. The van der Waals surface area contributed by atoms with E-state index in [1.807, 2.05) is 0 Å². The summed E-state index contributed by atoms with van der Waals surface area (Å²) in [5, 5.41) is 13.6. The molecule has 0 spiro atoms. The second kappa shape index (κ2) is 8.50. The molecular formula is C18H35NO2. The monoisotopic (exact) mass is 297 g/mol. The molecule has 2 atom stereocenters. The van der Waals surface area contributed by atoms with Gasteiger partial charge in [-0.05, 0) is 38.0 Å². The van der Waals surface area contributed by atoms with Gasteiger partial charge in [-0.1, -0.05) is 46.0 Å². The van der Waals surface area contributed by atoms with Crippen molar-refractivity contribution < 1.29 is 9.84 Å². The van der Waals surface area contributed by atoms with Crippen LogP contribution in [0.3, 0.4) is 0 Å². The molecule has 0 aromatic carbocycles. The van der Waals surface area contributed by atoms with Crippen molar-refractivity contribution in [3.8, 4) is 0 Å². The summed E-state index contributed by atoms with van der Waals surface area (Å²) in [7, 11) is 0. The van der Waals surface area contributed by atoms with Crippen LogP contribution in [0.2, 0.25) is 0 Å². The van der Waals surface area contributed by atoms with E-state index >= 15 is 0 Å². The molecule has 0 radical (unpaired) electrons. The van der Waals surface area contributed by atoms with E-state index in [9.17, 15) is 5.11 Å². The van der Waals surface area contributed by atoms with Crippen molar-refractivity contribution in [3.05, 3.63) is 0 Å². The van der Waals surface area contributed by atoms with Crippen LogP contribution in [-0.4, -0.2) is 36.0 Å². The van der Waals surface area contributed by atoms with Gasteiger partial charge in [0.1, 0.15) is 0 Å². The molecule has 0 saturated heterocycles. The lowest BCUT2D eigenvalue weighted by atomic mass is 9.85. The number of aliphatic hydroxyl groups excluding tert-OH is 1. The first kappa shape index (κ1) is 17.2. The number of hydrogen-bond donors (Lipinski definition) is 2.